The molecule has 2 nitrogen and oxygen atoms in total. The molecule has 8 aromatic carbocycles. The first-order valence-corrected chi connectivity index (χ1v) is 16.3. The Morgan fingerprint density at radius 2 is 0.833 bits per heavy atom. The van der Waals surface area contributed by atoms with Crippen LogP contribution in [0.25, 0.3) is 66.1 Å². The fraction of sp³-hybridized carbons (Fsp3) is 0. The third-order valence-electron chi connectivity index (χ3n) is 9.26. The van der Waals surface area contributed by atoms with Crippen molar-refractivity contribution >= 4 is 49.8 Å². The SMILES string of the molecule is c1ccc(-c2ccc(-c3ccc(N(c4cccc(-c5ccc6ccccc6c5)c4)c4ccc5c(c4)oc4ccccc45)cc3)cc2)cc1. The topological polar surface area (TPSA) is 16.4 Å². The lowest BCUT2D eigenvalue weighted by molar-refractivity contribution is 0.669. The molecule has 0 unspecified atom stereocenters. The van der Waals surface area contributed by atoms with Crippen molar-refractivity contribution < 1.29 is 4.42 Å². The Morgan fingerprint density at radius 1 is 0.292 bits per heavy atom. The van der Waals surface area contributed by atoms with Crippen molar-refractivity contribution in [3.8, 4) is 33.4 Å². The third kappa shape index (κ3) is 5.10. The lowest BCUT2D eigenvalue weighted by atomic mass is 9.99. The Morgan fingerprint density at radius 3 is 1.62 bits per heavy atom. The predicted octanol–water partition coefficient (Wildman–Crippen LogP) is 13.2. The number of para-hydroxylation sites is 1. The molecule has 0 amide bonds. The molecule has 0 radical (unpaired) electrons. The van der Waals surface area contributed by atoms with E-state index in [4.69, 9.17) is 4.42 Å². The van der Waals surface area contributed by atoms with E-state index in [1.807, 2.05) is 12.1 Å². The van der Waals surface area contributed by atoms with E-state index < -0.39 is 0 Å². The molecule has 9 rings (SSSR count). The summed E-state index contributed by atoms with van der Waals surface area (Å²) in [4.78, 5) is 2.32. The molecule has 0 bridgehead atoms. The molecule has 0 aliphatic rings. The van der Waals surface area contributed by atoms with Gasteiger partial charge in [0.1, 0.15) is 11.2 Å². The Balaban J connectivity index is 1.13. The number of benzene rings is 8. The maximum atomic E-state index is 6.34. The van der Waals surface area contributed by atoms with Gasteiger partial charge in [-0.15, -0.1) is 0 Å². The Bertz CT molecular complexity index is 2540. The largest absolute Gasteiger partial charge is 0.456 e. The minimum atomic E-state index is 0.875. The van der Waals surface area contributed by atoms with Gasteiger partial charge in [0, 0.05) is 33.9 Å². The molecule has 1 aromatic heterocycles. The van der Waals surface area contributed by atoms with E-state index in [2.05, 4.69) is 181 Å². The molecular formula is C46H31NO. The van der Waals surface area contributed by atoms with Crippen LogP contribution in [0.5, 0.6) is 0 Å². The lowest BCUT2D eigenvalue weighted by Gasteiger charge is -2.26. The molecule has 0 saturated heterocycles. The normalized spacial score (nSPS) is 11.3. The van der Waals surface area contributed by atoms with Crippen LogP contribution in [0, 0.1) is 0 Å². The number of fused-ring (bicyclic) bond motifs is 4. The van der Waals surface area contributed by atoms with Crippen molar-refractivity contribution in [2.24, 2.45) is 0 Å². The van der Waals surface area contributed by atoms with Gasteiger partial charge in [-0.3, -0.25) is 0 Å². The molecule has 0 aliphatic heterocycles. The van der Waals surface area contributed by atoms with Crippen molar-refractivity contribution in [3.63, 3.8) is 0 Å². The first-order valence-electron chi connectivity index (χ1n) is 16.3. The predicted molar refractivity (Wildman–Crippen MR) is 202 cm³/mol. The van der Waals surface area contributed by atoms with Crippen LogP contribution in [0.2, 0.25) is 0 Å². The maximum Gasteiger partial charge on any atom is 0.137 e. The second-order valence-corrected chi connectivity index (χ2v) is 12.2. The van der Waals surface area contributed by atoms with E-state index >= 15 is 0 Å². The van der Waals surface area contributed by atoms with Gasteiger partial charge in [0.25, 0.3) is 0 Å². The van der Waals surface area contributed by atoms with Crippen LogP contribution in [0.1, 0.15) is 0 Å². The molecule has 9 aromatic rings. The fourth-order valence-electron chi connectivity index (χ4n) is 6.78. The average Bonchev–Trinajstić information content (AvgIpc) is 3.54. The molecule has 0 saturated carbocycles. The minimum Gasteiger partial charge on any atom is -0.456 e. The summed E-state index contributed by atoms with van der Waals surface area (Å²) in [6.07, 6.45) is 0. The van der Waals surface area contributed by atoms with Crippen LogP contribution in [-0.2, 0) is 0 Å². The van der Waals surface area contributed by atoms with E-state index in [0.717, 1.165) is 39.0 Å². The van der Waals surface area contributed by atoms with Gasteiger partial charge in [0.2, 0.25) is 0 Å². The zero-order valence-corrected chi connectivity index (χ0v) is 26.3. The van der Waals surface area contributed by atoms with Gasteiger partial charge in [0.05, 0.1) is 0 Å². The van der Waals surface area contributed by atoms with E-state index in [9.17, 15) is 0 Å². The monoisotopic (exact) mass is 613 g/mol. The summed E-state index contributed by atoms with van der Waals surface area (Å²) in [6.45, 7) is 0. The first kappa shape index (κ1) is 27.9. The highest BCUT2D eigenvalue weighted by Crippen LogP contribution is 2.40. The van der Waals surface area contributed by atoms with Crippen LogP contribution in [-0.4, -0.2) is 0 Å². The van der Waals surface area contributed by atoms with E-state index in [-0.39, 0.29) is 0 Å². The smallest absolute Gasteiger partial charge is 0.137 e. The highest BCUT2D eigenvalue weighted by molar-refractivity contribution is 6.06. The summed E-state index contributed by atoms with van der Waals surface area (Å²) in [5.41, 5.74) is 12.1. The number of anilines is 3. The van der Waals surface area contributed by atoms with Gasteiger partial charge >= 0.3 is 0 Å². The number of rotatable bonds is 6. The average molecular weight is 614 g/mol. The Kier molecular flexibility index (Phi) is 6.84. The standard InChI is InChI=1S/C46H31NO/c1-2-9-32(10-3-1)34-17-19-35(20-18-34)36-23-25-40(26-24-36)47(42-27-28-44-43-15-6-7-16-45(43)48-46(44)31-42)41-14-8-13-38(30-41)39-22-21-33-11-4-5-12-37(33)29-39/h1-31H. The zero-order valence-electron chi connectivity index (χ0n) is 26.3. The molecule has 0 aliphatic carbocycles. The van der Waals surface area contributed by atoms with Crippen LogP contribution in [0.15, 0.2) is 192 Å². The first-order chi connectivity index (χ1) is 23.8. The van der Waals surface area contributed by atoms with Crippen molar-refractivity contribution in [2.75, 3.05) is 4.90 Å². The summed E-state index contributed by atoms with van der Waals surface area (Å²) < 4.78 is 6.34. The molecular weight excluding hydrogens is 583 g/mol. The van der Waals surface area contributed by atoms with Gasteiger partial charge in [-0.05, 0) is 92.7 Å². The van der Waals surface area contributed by atoms with Crippen molar-refractivity contribution in [1.29, 1.82) is 0 Å². The van der Waals surface area contributed by atoms with Crippen LogP contribution < -0.4 is 4.90 Å². The highest BCUT2D eigenvalue weighted by atomic mass is 16.3. The van der Waals surface area contributed by atoms with Crippen LogP contribution >= 0.6 is 0 Å². The molecule has 0 spiro atoms. The number of hydrogen-bond acceptors (Lipinski definition) is 2. The molecule has 0 fully saturated rings. The summed E-state index contributed by atoms with van der Waals surface area (Å²) in [6, 6.07) is 67.0. The van der Waals surface area contributed by atoms with Crippen molar-refractivity contribution in [3.05, 3.63) is 188 Å². The minimum absolute atomic E-state index is 0.875. The zero-order chi connectivity index (χ0) is 31.9. The van der Waals surface area contributed by atoms with Crippen molar-refractivity contribution in [2.45, 2.75) is 0 Å². The fourth-order valence-corrected chi connectivity index (χ4v) is 6.78. The van der Waals surface area contributed by atoms with Crippen LogP contribution in [0.3, 0.4) is 0 Å². The number of hydrogen-bond donors (Lipinski definition) is 0. The highest BCUT2D eigenvalue weighted by Gasteiger charge is 2.16. The van der Waals surface area contributed by atoms with E-state index in [0.29, 0.717) is 0 Å². The number of furan rings is 1. The summed E-state index contributed by atoms with van der Waals surface area (Å²) >= 11 is 0. The second-order valence-electron chi connectivity index (χ2n) is 12.2. The number of nitrogens with zero attached hydrogens (tertiary/aromatic N) is 1. The lowest BCUT2D eigenvalue weighted by Crippen LogP contribution is -2.10. The maximum absolute atomic E-state index is 6.34. The Hall–Kier alpha value is -6.38. The van der Waals surface area contributed by atoms with E-state index in [1.165, 1.54) is 44.2 Å². The Labute approximate surface area is 279 Å². The summed E-state index contributed by atoms with van der Waals surface area (Å²) in [7, 11) is 0. The molecule has 0 atom stereocenters. The molecule has 1 heterocycles. The molecule has 2 heteroatoms. The van der Waals surface area contributed by atoms with Gasteiger partial charge in [-0.1, -0.05) is 133 Å². The third-order valence-corrected chi connectivity index (χ3v) is 9.26. The second kappa shape index (κ2) is 11.8. The van der Waals surface area contributed by atoms with Gasteiger partial charge in [0.15, 0.2) is 0 Å². The van der Waals surface area contributed by atoms with Gasteiger partial charge in [-0.2, -0.15) is 0 Å². The summed E-state index contributed by atoms with van der Waals surface area (Å²) in [5.74, 6) is 0. The summed E-state index contributed by atoms with van der Waals surface area (Å²) in [5, 5.41) is 4.73. The molecule has 48 heavy (non-hydrogen) atoms. The van der Waals surface area contributed by atoms with Crippen molar-refractivity contribution in [1.82, 2.24) is 0 Å². The van der Waals surface area contributed by atoms with Crippen LogP contribution in [0.4, 0.5) is 17.1 Å². The van der Waals surface area contributed by atoms with Gasteiger partial charge in [-0.25, -0.2) is 0 Å². The molecule has 226 valence electrons. The molecule has 0 N–H and O–H groups in total. The quantitative estimate of drug-likeness (QED) is 0.185. The van der Waals surface area contributed by atoms with E-state index in [1.54, 1.807) is 0 Å². The van der Waals surface area contributed by atoms with Gasteiger partial charge < -0.3 is 9.32 Å².